The Hall–Kier alpha value is -0.533. The zero-order chi connectivity index (χ0) is 12.2. The van der Waals surface area contributed by atoms with Gasteiger partial charge in [-0.2, -0.15) is 0 Å². The molecule has 0 spiro atoms. The third kappa shape index (κ3) is 4.54. The molecule has 1 rings (SSSR count). The molecule has 88 valence electrons. The van der Waals surface area contributed by atoms with Crippen LogP contribution in [0.4, 0.5) is 0 Å². The topological polar surface area (TPSA) is 0 Å². The maximum absolute atomic E-state index is 5.92. The van der Waals surface area contributed by atoms with Gasteiger partial charge in [-0.3, -0.25) is 0 Å². The summed E-state index contributed by atoms with van der Waals surface area (Å²) < 4.78 is 0. The highest BCUT2D eigenvalue weighted by molar-refractivity contribution is 6.76. The summed E-state index contributed by atoms with van der Waals surface area (Å²) in [6, 6.07) is 9.57. The first-order valence-electron chi connectivity index (χ1n) is 5.79. The molecular weight excluding hydrogens is 232 g/mol. The van der Waals surface area contributed by atoms with Crippen molar-refractivity contribution in [2.24, 2.45) is 0 Å². The molecule has 0 bridgehead atoms. The second-order valence-electron chi connectivity index (χ2n) is 5.54. The average Bonchev–Trinajstić information content (AvgIpc) is 2.16. The van der Waals surface area contributed by atoms with Crippen molar-refractivity contribution < 1.29 is 0 Å². The monoisotopic (exact) mass is 252 g/mol. The molecule has 1 atom stereocenters. The molecule has 0 N–H and O–H groups in total. The van der Waals surface area contributed by atoms with Gasteiger partial charge in [-0.05, 0) is 30.0 Å². The molecule has 0 aliphatic heterocycles. The Morgan fingerprint density at radius 2 is 1.81 bits per heavy atom. The van der Waals surface area contributed by atoms with Gasteiger partial charge in [0.25, 0.3) is 0 Å². The SMILES string of the molecule is C=CCC(C[Si](C)(C)C)c1ccc(Cl)cc1. The predicted octanol–water partition coefficient (Wildman–Crippen LogP) is 5.34. The van der Waals surface area contributed by atoms with E-state index in [1.54, 1.807) is 0 Å². The lowest BCUT2D eigenvalue weighted by Crippen LogP contribution is -2.22. The molecule has 1 unspecified atom stereocenters. The normalized spacial score (nSPS) is 13.5. The van der Waals surface area contributed by atoms with Crippen LogP contribution in [0.1, 0.15) is 17.9 Å². The van der Waals surface area contributed by atoms with E-state index in [9.17, 15) is 0 Å². The fourth-order valence-corrected chi connectivity index (χ4v) is 4.02. The van der Waals surface area contributed by atoms with Gasteiger partial charge in [0.2, 0.25) is 0 Å². The first-order chi connectivity index (χ1) is 7.42. The van der Waals surface area contributed by atoms with E-state index in [1.165, 1.54) is 11.6 Å². The van der Waals surface area contributed by atoms with Crippen LogP contribution in [0, 0.1) is 0 Å². The summed E-state index contributed by atoms with van der Waals surface area (Å²) in [5.41, 5.74) is 1.40. The lowest BCUT2D eigenvalue weighted by Gasteiger charge is -2.24. The zero-order valence-corrected chi connectivity index (χ0v) is 12.2. The van der Waals surface area contributed by atoms with Crippen LogP contribution in [0.3, 0.4) is 0 Å². The molecule has 0 saturated heterocycles. The van der Waals surface area contributed by atoms with E-state index in [1.807, 2.05) is 18.2 Å². The van der Waals surface area contributed by atoms with Gasteiger partial charge >= 0.3 is 0 Å². The highest BCUT2D eigenvalue weighted by Gasteiger charge is 2.20. The molecule has 0 aromatic heterocycles. The smallest absolute Gasteiger partial charge is 0.0448 e. The number of rotatable bonds is 5. The molecule has 0 fully saturated rings. The van der Waals surface area contributed by atoms with Gasteiger partial charge < -0.3 is 0 Å². The van der Waals surface area contributed by atoms with E-state index < -0.39 is 8.07 Å². The minimum atomic E-state index is -1.03. The number of hydrogen-bond donors (Lipinski definition) is 0. The van der Waals surface area contributed by atoms with Crippen LogP contribution in [-0.2, 0) is 0 Å². The van der Waals surface area contributed by atoms with Crippen LogP contribution in [0.25, 0.3) is 0 Å². The zero-order valence-electron chi connectivity index (χ0n) is 10.5. The van der Waals surface area contributed by atoms with E-state index in [-0.39, 0.29) is 0 Å². The molecule has 0 nitrogen and oxygen atoms in total. The van der Waals surface area contributed by atoms with Gasteiger partial charge in [0.1, 0.15) is 0 Å². The van der Waals surface area contributed by atoms with Crippen LogP contribution in [0.2, 0.25) is 30.7 Å². The van der Waals surface area contributed by atoms with E-state index in [0.29, 0.717) is 5.92 Å². The molecule has 0 aliphatic rings. The molecule has 16 heavy (non-hydrogen) atoms. The minimum Gasteiger partial charge on any atom is -0.103 e. The van der Waals surface area contributed by atoms with Crippen LogP contribution >= 0.6 is 11.6 Å². The Morgan fingerprint density at radius 1 is 1.25 bits per heavy atom. The van der Waals surface area contributed by atoms with Crippen molar-refractivity contribution in [3.8, 4) is 0 Å². The number of benzene rings is 1. The van der Waals surface area contributed by atoms with Gasteiger partial charge in [-0.15, -0.1) is 6.58 Å². The molecule has 0 saturated carbocycles. The van der Waals surface area contributed by atoms with E-state index in [0.717, 1.165) is 11.4 Å². The summed E-state index contributed by atoms with van der Waals surface area (Å²) in [5, 5.41) is 0.814. The van der Waals surface area contributed by atoms with Gasteiger partial charge in [-0.25, -0.2) is 0 Å². The fraction of sp³-hybridized carbons (Fsp3) is 0.429. The number of hydrogen-bond acceptors (Lipinski definition) is 0. The van der Waals surface area contributed by atoms with Crippen LogP contribution < -0.4 is 0 Å². The summed E-state index contributed by atoms with van der Waals surface area (Å²) in [4.78, 5) is 0. The van der Waals surface area contributed by atoms with Crippen molar-refractivity contribution in [1.82, 2.24) is 0 Å². The molecule has 0 aliphatic carbocycles. The van der Waals surface area contributed by atoms with Gasteiger partial charge in [0.05, 0.1) is 0 Å². The van der Waals surface area contributed by atoms with Crippen molar-refractivity contribution >= 4 is 19.7 Å². The second kappa shape index (κ2) is 5.69. The predicted molar refractivity (Wildman–Crippen MR) is 77.2 cm³/mol. The fourth-order valence-electron chi connectivity index (χ4n) is 2.01. The lowest BCUT2D eigenvalue weighted by atomic mass is 9.98. The Kier molecular flexibility index (Phi) is 4.82. The average molecular weight is 253 g/mol. The van der Waals surface area contributed by atoms with Crippen LogP contribution in [0.5, 0.6) is 0 Å². The lowest BCUT2D eigenvalue weighted by molar-refractivity contribution is 0.766. The summed E-state index contributed by atoms with van der Waals surface area (Å²) in [6.45, 7) is 11.1. The highest BCUT2D eigenvalue weighted by Crippen LogP contribution is 2.30. The standard InChI is InChI=1S/C14H21ClSi/c1-5-6-13(11-16(2,3)4)12-7-9-14(15)10-8-12/h5,7-10,13H,1,6,11H2,2-4H3. The van der Waals surface area contributed by atoms with Crippen molar-refractivity contribution in [1.29, 1.82) is 0 Å². The Morgan fingerprint density at radius 3 is 2.25 bits per heavy atom. The Balaban J connectivity index is 2.84. The van der Waals surface area contributed by atoms with Gasteiger partial charge in [0.15, 0.2) is 0 Å². The molecule has 0 radical (unpaired) electrons. The molecule has 0 amide bonds. The van der Waals surface area contributed by atoms with Crippen LogP contribution in [0.15, 0.2) is 36.9 Å². The van der Waals surface area contributed by atoms with Crippen molar-refractivity contribution in [3.63, 3.8) is 0 Å². The third-order valence-corrected chi connectivity index (χ3v) is 4.62. The van der Waals surface area contributed by atoms with E-state index in [2.05, 4.69) is 38.4 Å². The summed E-state index contributed by atoms with van der Waals surface area (Å²) >= 11 is 5.92. The van der Waals surface area contributed by atoms with Crippen LogP contribution in [-0.4, -0.2) is 8.07 Å². The number of allylic oxidation sites excluding steroid dienone is 1. The summed E-state index contributed by atoms with van der Waals surface area (Å²) in [6.07, 6.45) is 3.09. The van der Waals surface area contributed by atoms with E-state index >= 15 is 0 Å². The second-order valence-corrected chi connectivity index (χ2v) is 11.5. The van der Waals surface area contributed by atoms with Crippen molar-refractivity contribution in [2.75, 3.05) is 0 Å². The Labute approximate surface area is 105 Å². The first kappa shape index (κ1) is 13.5. The number of halogens is 1. The summed E-state index contributed by atoms with van der Waals surface area (Å²) in [7, 11) is -1.03. The van der Waals surface area contributed by atoms with Crippen molar-refractivity contribution in [2.45, 2.75) is 38.0 Å². The largest absolute Gasteiger partial charge is 0.103 e. The highest BCUT2D eigenvalue weighted by atomic mass is 35.5. The summed E-state index contributed by atoms with van der Waals surface area (Å²) in [5.74, 6) is 0.612. The van der Waals surface area contributed by atoms with Gasteiger partial charge in [-0.1, -0.05) is 55.5 Å². The Bertz CT molecular complexity index is 335. The molecule has 1 aromatic carbocycles. The molecule has 2 heteroatoms. The van der Waals surface area contributed by atoms with Gasteiger partial charge in [0, 0.05) is 13.1 Å². The molecule has 0 heterocycles. The van der Waals surface area contributed by atoms with E-state index in [4.69, 9.17) is 11.6 Å². The molecule has 1 aromatic rings. The third-order valence-electron chi connectivity index (χ3n) is 2.65. The van der Waals surface area contributed by atoms with Crippen molar-refractivity contribution in [3.05, 3.63) is 47.5 Å². The quantitative estimate of drug-likeness (QED) is 0.490. The minimum absolute atomic E-state index is 0.612. The molecular formula is C14H21ClSi. The maximum atomic E-state index is 5.92. The maximum Gasteiger partial charge on any atom is 0.0448 e. The first-order valence-corrected chi connectivity index (χ1v) is 9.87.